The van der Waals surface area contributed by atoms with Crippen LogP contribution in [0.25, 0.3) is 5.52 Å². The number of hydrogen-bond donors (Lipinski definition) is 1. The van der Waals surface area contributed by atoms with Gasteiger partial charge in [0.2, 0.25) is 12.6 Å². The number of fused-ring (bicyclic) bond motifs is 2. The van der Waals surface area contributed by atoms with Gasteiger partial charge in [-0.1, -0.05) is 36.4 Å². The van der Waals surface area contributed by atoms with Gasteiger partial charge in [0, 0.05) is 23.9 Å². The molecule has 0 saturated carbocycles. The predicted molar refractivity (Wildman–Crippen MR) is 127 cm³/mol. The number of esters is 1. The molecule has 2 aromatic heterocycles. The fourth-order valence-electron chi connectivity index (χ4n) is 3.96. The average Bonchev–Trinajstić information content (AvgIpc) is 3.51. The highest BCUT2D eigenvalue weighted by atomic mass is 16.7. The van der Waals surface area contributed by atoms with Gasteiger partial charge in [-0.05, 0) is 42.8 Å². The van der Waals surface area contributed by atoms with Crippen LogP contribution in [-0.2, 0) is 11.3 Å². The first-order valence-electron chi connectivity index (χ1n) is 11.1. The molecule has 5 rings (SSSR count). The molecule has 8 heteroatoms. The number of nitrogens with one attached hydrogen (secondary N) is 1. The Morgan fingerprint density at radius 2 is 1.74 bits per heavy atom. The van der Waals surface area contributed by atoms with Crippen LogP contribution >= 0.6 is 0 Å². The van der Waals surface area contributed by atoms with Gasteiger partial charge in [0.15, 0.2) is 11.5 Å². The Bertz CT molecular complexity index is 1440. The number of rotatable bonds is 7. The van der Waals surface area contributed by atoms with Gasteiger partial charge in [-0.25, -0.2) is 4.79 Å². The third-order valence-electron chi connectivity index (χ3n) is 5.69. The van der Waals surface area contributed by atoms with Gasteiger partial charge in [0.25, 0.3) is 5.91 Å². The number of pyridine rings is 1. The Labute approximate surface area is 201 Å². The topological polar surface area (TPSA) is 95.3 Å². The third-order valence-corrected chi connectivity index (χ3v) is 5.69. The van der Waals surface area contributed by atoms with Gasteiger partial charge in [-0.15, -0.1) is 0 Å². The molecule has 3 heterocycles. The number of carbonyl (C=O) groups excluding carboxylic acids is 3. The average molecular weight is 470 g/mol. The zero-order valence-corrected chi connectivity index (χ0v) is 18.9. The summed E-state index contributed by atoms with van der Waals surface area (Å²) < 4.78 is 17.5. The van der Waals surface area contributed by atoms with E-state index in [9.17, 15) is 14.4 Å². The summed E-state index contributed by atoms with van der Waals surface area (Å²) in [5.74, 6) is 0.190. The van der Waals surface area contributed by atoms with Crippen molar-refractivity contribution in [1.29, 1.82) is 0 Å². The summed E-state index contributed by atoms with van der Waals surface area (Å²) in [6.45, 7) is 2.36. The lowest BCUT2D eigenvalue weighted by Crippen LogP contribution is -2.23. The van der Waals surface area contributed by atoms with Crippen molar-refractivity contribution in [3.8, 4) is 11.5 Å². The van der Waals surface area contributed by atoms with Crippen molar-refractivity contribution in [2.45, 2.75) is 13.5 Å². The lowest BCUT2D eigenvalue weighted by molar-refractivity contribution is 0.0528. The Kier molecular flexibility index (Phi) is 5.93. The number of amides is 1. The molecule has 1 aliphatic rings. The monoisotopic (exact) mass is 470 g/mol. The molecule has 35 heavy (non-hydrogen) atoms. The second-order valence-corrected chi connectivity index (χ2v) is 7.90. The second kappa shape index (κ2) is 9.34. The zero-order chi connectivity index (χ0) is 24.4. The van der Waals surface area contributed by atoms with E-state index in [1.807, 2.05) is 18.2 Å². The summed E-state index contributed by atoms with van der Waals surface area (Å²) in [4.78, 5) is 38.7. The fourth-order valence-corrected chi connectivity index (χ4v) is 3.96. The van der Waals surface area contributed by atoms with Crippen LogP contribution in [0, 0.1) is 0 Å². The quantitative estimate of drug-likeness (QED) is 0.324. The van der Waals surface area contributed by atoms with Gasteiger partial charge in [-0.3, -0.25) is 9.59 Å². The normalized spacial score (nSPS) is 11.9. The van der Waals surface area contributed by atoms with E-state index in [1.165, 1.54) is 6.07 Å². The summed E-state index contributed by atoms with van der Waals surface area (Å²) in [5, 5.41) is 2.87. The number of aromatic nitrogens is 1. The molecule has 1 amide bonds. The van der Waals surface area contributed by atoms with Crippen molar-refractivity contribution in [2.75, 3.05) is 13.4 Å². The van der Waals surface area contributed by atoms with Gasteiger partial charge >= 0.3 is 5.97 Å². The second-order valence-electron chi connectivity index (χ2n) is 7.90. The van der Waals surface area contributed by atoms with E-state index in [1.54, 1.807) is 60.0 Å². The minimum atomic E-state index is -0.560. The van der Waals surface area contributed by atoms with Crippen LogP contribution in [-0.4, -0.2) is 35.5 Å². The highest BCUT2D eigenvalue weighted by molar-refractivity contribution is 6.11. The van der Waals surface area contributed by atoms with E-state index in [0.29, 0.717) is 33.8 Å². The lowest BCUT2D eigenvalue weighted by Gasteiger charge is -2.08. The summed E-state index contributed by atoms with van der Waals surface area (Å²) >= 11 is 0. The Balaban J connectivity index is 1.44. The van der Waals surface area contributed by atoms with Crippen molar-refractivity contribution in [3.05, 3.63) is 101 Å². The van der Waals surface area contributed by atoms with Crippen LogP contribution in [0.4, 0.5) is 0 Å². The van der Waals surface area contributed by atoms with E-state index >= 15 is 0 Å². The maximum absolute atomic E-state index is 13.1. The van der Waals surface area contributed by atoms with Crippen molar-refractivity contribution in [3.63, 3.8) is 0 Å². The molecular weight excluding hydrogens is 448 g/mol. The van der Waals surface area contributed by atoms with Gasteiger partial charge in [0.1, 0.15) is 0 Å². The number of nitrogens with zero attached hydrogens (tertiary/aromatic N) is 1. The van der Waals surface area contributed by atoms with Crippen LogP contribution in [0.15, 0.2) is 72.9 Å². The molecule has 0 spiro atoms. The minimum Gasteiger partial charge on any atom is -0.462 e. The van der Waals surface area contributed by atoms with Crippen molar-refractivity contribution < 1.29 is 28.6 Å². The molecule has 0 unspecified atom stereocenters. The largest absolute Gasteiger partial charge is 0.462 e. The molecule has 176 valence electrons. The smallest absolute Gasteiger partial charge is 0.340 e. The molecular formula is C27H22N2O6. The zero-order valence-electron chi connectivity index (χ0n) is 18.9. The van der Waals surface area contributed by atoms with Crippen LogP contribution in [0.3, 0.4) is 0 Å². The number of benzene rings is 2. The molecule has 0 radical (unpaired) electrons. The highest BCUT2D eigenvalue weighted by Gasteiger charge is 2.22. The number of ether oxygens (including phenoxy) is 3. The first-order valence-corrected chi connectivity index (χ1v) is 11.1. The molecule has 0 fully saturated rings. The summed E-state index contributed by atoms with van der Waals surface area (Å²) in [6, 6.07) is 19.0. The molecule has 0 bridgehead atoms. The predicted octanol–water partition coefficient (Wildman–Crippen LogP) is 4.01. The highest BCUT2D eigenvalue weighted by Crippen LogP contribution is 2.32. The first-order chi connectivity index (χ1) is 17.0. The Morgan fingerprint density at radius 3 is 2.54 bits per heavy atom. The van der Waals surface area contributed by atoms with Crippen molar-refractivity contribution in [1.82, 2.24) is 9.72 Å². The summed E-state index contributed by atoms with van der Waals surface area (Å²) in [7, 11) is 0. The third kappa shape index (κ3) is 4.33. The van der Waals surface area contributed by atoms with Crippen LogP contribution in [0.2, 0.25) is 0 Å². The number of ketones is 1. The van der Waals surface area contributed by atoms with Crippen LogP contribution in [0.1, 0.15) is 49.3 Å². The maximum atomic E-state index is 13.1. The van der Waals surface area contributed by atoms with Crippen LogP contribution in [0.5, 0.6) is 11.5 Å². The van der Waals surface area contributed by atoms with E-state index in [0.717, 1.165) is 5.56 Å². The molecule has 0 saturated heterocycles. The molecule has 0 atom stereocenters. The minimum absolute atomic E-state index is 0.181. The van der Waals surface area contributed by atoms with E-state index in [-0.39, 0.29) is 37.2 Å². The van der Waals surface area contributed by atoms with E-state index in [4.69, 9.17) is 14.2 Å². The molecule has 2 aromatic carbocycles. The summed E-state index contributed by atoms with van der Waals surface area (Å²) in [5.41, 5.74) is 2.64. The molecule has 1 N–H and O–H groups in total. The number of hydrogen-bond acceptors (Lipinski definition) is 6. The van der Waals surface area contributed by atoms with Gasteiger partial charge in [0.05, 0.1) is 23.4 Å². The Morgan fingerprint density at radius 1 is 0.943 bits per heavy atom. The van der Waals surface area contributed by atoms with Gasteiger partial charge in [-0.2, -0.15) is 0 Å². The maximum Gasteiger partial charge on any atom is 0.340 e. The van der Waals surface area contributed by atoms with E-state index in [2.05, 4.69) is 5.32 Å². The SMILES string of the molecule is CCOC(=O)c1cc(C(=O)c2ccccc2)n2ccc(C(=O)NCc3ccc4c(c3)OCO4)cc12. The van der Waals surface area contributed by atoms with E-state index < -0.39 is 5.97 Å². The molecule has 8 nitrogen and oxygen atoms in total. The lowest BCUT2D eigenvalue weighted by atomic mass is 10.1. The molecule has 1 aliphatic heterocycles. The van der Waals surface area contributed by atoms with Crippen molar-refractivity contribution >= 4 is 23.2 Å². The first kappa shape index (κ1) is 22.2. The molecule has 0 aliphatic carbocycles. The molecule has 4 aromatic rings. The fraction of sp³-hybridized carbons (Fsp3) is 0.148. The summed E-state index contributed by atoms with van der Waals surface area (Å²) in [6.07, 6.45) is 1.61. The standard InChI is InChI=1S/C27H22N2O6/c1-2-33-27(32)20-14-22(25(30)18-6-4-3-5-7-18)29-11-10-19(13-21(20)29)26(31)28-15-17-8-9-23-24(12-17)35-16-34-23/h3-14H,2,15-16H2,1H3,(H,28,31). The van der Waals surface area contributed by atoms with Crippen LogP contribution < -0.4 is 14.8 Å². The Hall–Kier alpha value is -4.59. The number of carbonyl (C=O) groups is 3. The van der Waals surface area contributed by atoms with Gasteiger partial charge < -0.3 is 23.9 Å². The van der Waals surface area contributed by atoms with Crippen molar-refractivity contribution in [2.24, 2.45) is 0 Å².